The van der Waals surface area contributed by atoms with Gasteiger partial charge in [-0.05, 0) is 38.2 Å². The molecule has 26 heavy (non-hydrogen) atoms. The van der Waals surface area contributed by atoms with Gasteiger partial charge in [0.2, 0.25) is 5.91 Å². The first-order chi connectivity index (χ1) is 12.4. The largest absolute Gasteiger partial charge is 0.342 e. The van der Waals surface area contributed by atoms with Crippen LogP contribution in [0.3, 0.4) is 0 Å². The van der Waals surface area contributed by atoms with Gasteiger partial charge in [-0.25, -0.2) is 0 Å². The Hall–Kier alpha value is -2.24. The second kappa shape index (κ2) is 7.56. The van der Waals surface area contributed by atoms with Crippen molar-refractivity contribution in [2.45, 2.75) is 53.5 Å². The number of carbonyl (C=O) groups is 1. The molecule has 1 fully saturated rings. The third-order valence-corrected chi connectivity index (χ3v) is 4.96. The Morgan fingerprint density at radius 1 is 1.23 bits per heavy atom. The summed E-state index contributed by atoms with van der Waals surface area (Å²) in [6, 6.07) is 1.99. The fraction of sp³-hybridized carbons (Fsp3) is 0.600. The van der Waals surface area contributed by atoms with Crippen LogP contribution in [0.15, 0.2) is 24.7 Å². The first-order valence-corrected chi connectivity index (χ1v) is 9.51. The average molecular weight is 355 g/mol. The van der Waals surface area contributed by atoms with Gasteiger partial charge < -0.3 is 4.90 Å². The van der Waals surface area contributed by atoms with Gasteiger partial charge in [-0.2, -0.15) is 5.10 Å². The highest BCUT2D eigenvalue weighted by molar-refractivity contribution is 5.81. The number of piperidine rings is 1. The maximum Gasteiger partial charge on any atom is 0.227 e. The number of rotatable bonds is 4. The molecule has 3 rings (SSSR count). The number of carbonyl (C=O) groups excluding carboxylic acids is 1. The molecule has 0 N–H and O–H groups in total. The van der Waals surface area contributed by atoms with Gasteiger partial charge in [0, 0.05) is 43.6 Å². The molecule has 1 aliphatic heterocycles. The summed E-state index contributed by atoms with van der Waals surface area (Å²) in [6.07, 6.45) is 8.31. The van der Waals surface area contributed by atoms with E-state index in [1.165, 1.54) is 0 Å². The number of likely N-dealkylation sites (tertiary alicyclic amines) is 1. The Labute approximate surface area is 155 Å². The summed E-state index contributed by atoms with van der Waals surface area (Å²) in [4.78, 5) is 23.9. The van der Waals surface area contributed by atoms with Crippen molar-refractivity contribution >= 4 is 5.91 Å². The molecule has 1 saturated heterocycles. The van der Waals surface area contributed by atoms with E-state index in [4.69, 9.17) is 0 Å². The fourth-order valence-electron chi connectivity index (χ4n) is 3.68. The van der Waals surface area contributed by atoms with Gasteiger partial charge >= 0.3 is 0 Å². The van der Waals surface area contributed by atoms with Crippen molar-refractivity contribution in [1.29, 1.82) is 0 Å². The number of amides is 1. The van der Waals surface area contributed by atoms with E-state index in [-0.39, 0.29) is 11.3 Å². The van der Waals surface area contributed by atoms with Crippen LogP contribution >= 0.6 is 0 Å². The molecule has 0 aromatic carbocycles. The molecule has 0 bridgehead atoms. The van der Waals surface area contributed by atoms with Crippen LogP contribution in [0.2, 0.25) is 0 Å². The van der Waals surface area contributed by atoms with E-state index >= 15 is 0 Å². The van der Waals surface area contributed by atoms with Crippen LogP contribution in [0.4, 0.5) is 0 Å². The minimum absolute atomic E-state index is 0.241. The lowest BCUT2D eigenvalue weighted by Crippen LogP contribution is -2.45. The predicted octanol–water partition coefficient (Wildman–Crippen LogP) is 3.19. The van der Waals surface area contributed by atoms with Crippen LogP contribution in [0.1, 0.15) is 46.2 Å². The van der Waals surface area contributed by atoms with Gasteiger partial charge in [0.1, 0.15) is 5.69 Å². The SMILES string of the molecule is CCn1nccc1-c1nccnc1CC1CCCN(C(=O)C(C)(C)C)C1. The Kier molecular flexibility index (Phi) is 5.39. The summed E-state index contributed by atoms with van der Waals surface area (Å²) in [5, 5.41) is 4.36. The van der Waals surface area contributed by atoms with E-state index in [0.717, 1.165) is 56.0 Å². The van der Waals surface area contributed by atoms with Crippen molar-refractivity contribution < 1.29 is 4.79 Å². The van der Waals surface area contributed by atoms with E-state index in [0.29, 0.717) is 5.92 Å². The average Bonchev–Trinajstić information content (AvgIpc) is 3.09. The van der Waals surface area contributed by atoms with Crippen LogP contribution in [0.5, 0.6) is 0 Å². The van der Waals surface area contributed by atoms with Crippen LogP contribution in [0, 0.1) is 11.3 Å². The molecule has 1 atom stereocenters. The molecule has 2 aromatic rings. The lowest BCUT2D eigenvalue weighted by atomic mass is 9.89. The van der Waals surface area contributed by atoms with Gasteiger partial charge in [-0.3, -0.25) is 19.4 Å². The summed E-state index contributed by atoms with van der Waals surface area (Å²) >= 11 is 0. The van der Waals surface area contributed by atoms with Crippen molar-refractivity contribution in [2.75, 3.05) is 13.1 Å². The molecule has 2 aromatic heterocycles. The van der Waals surface area contributed by atoms with Gasteiger partial charge in [-0.1, -0.05) is 20.8 Å². The highest BCUT2D eigenvalue weighted by Crippen LogP contribution is 2.28. The van der Waals surface area contributed by atoms with E-state index in [2.05, 4.69) is 22.0 Å². The molecule has 1 amide bonds. The van der Waals surface area contributed by atoms with E-state index in [9.17, 15) is 4.79 Å². The Morgan fingerprint density at radius 3 is 2.73 bits per heavy atom. The minimum atomic E-state index is -0.326. The van der Waals surface area contributed by atoms with Crippen molar-refractivity contribution in [1.82, 2.24) is 24.6 Å². The Morgan fingerprint density at radius 2 is 2.00 bits per heavy atom. The maximum atomic E-state index is 12.6. The zero-order chi connectivity index (χ0) is 18.7. The third kappa shape index (κ3) is 3.94. The normalized spacial score (nSPS) is 18.2. The summed E-state index contributed by atoms with van der Waals surface area (Å²) in [6.45, 7) is 10.5. The summed E-state index contributed by atoms with van der Waals surface area (Å²) in [7, 11) is 0. The molecular formula is C20H29N5O. The van der Waals surface area contributed by atoms with Crippen molar-refractivity contribution in [3.63, 3.8) is 0 Å². The summed E-state index contributed by atoms with van der Waals surface area (Å²) in [5.74, 6) is 0.661. The van der Waals surface area contributed by atoms with Crippen LogP contribution in [-0.2, 0) is 17.8 Å². The maximum absolute atomic E-state index is 12.6. The zero-order valence-electron chi connectivity index (χ0n) is 16.3. The number of aryl methyl sites for hydroxylation is 1. The fourth-order valence-corrected chi connectivity index (χ4v) is 3.68. The molecule has 140 valence electrons. The summed E-state index contributed by atoms with van der Waals surface area (Å²) < 4.78 is 1.95. The highest BCUT2D eigenvalue weighted by Gasteiger charge is 2.31. The zero-order valence-corrected chi connectivity index (χ0v) is 16.3. The van der Waals surface area contributed by atoms with Crippen LogP contribution < -0.4 is 0 Å². The van der Waals surface area contributed by atoms with Gasteiger partial charge in [0.05, 0.1) is 11.4 Å². The topological polar surface area (TPSA) is 63.9 Å². The van der Waals surface area contributed by atoms with E-state index in [1.54, 1.807) is 12.4 Å². The molecule has 1 unspecified atom stereocenters. The number of aromatic nitrogens is 4. The molecule has 6 heteroatoms. The van der Waals surface area contributed by atoms with E-state index < -0.39 is 0 Å². The van der Waals surface area contributed by atoms with Gasteiger partial charge in [0.25, 0.3) is 0 Å². The quantitative estimate of drug-likeness (QED) is 0.845. The number of nitrogens with zero attached hydrogens (tertiary/aromatic N) is 5. The Bertz CT molecular complexity index is 762. The standard InChI is InChI=1S/C20H29N5O/c1-5-25-17(8-9-23-25)18-16(21-10-11-22-18)13-15-7-6-12-24(14-15)19(26)20(2,3)4/h8-11,15H,5-7,12-14H2,1-4H3. The second-order valence-corrected chi connectivity index (χ2v) is 8.10. The van der Waals surface area contributed by atoms with Crippen molar-refractivity contribution in [2.24, 2.45) is 11.3 Å². The molecule has 6 nitrogen and oxygen atoms in total. The summed E-state index contributed by atoms with van der Waals surface area (Å²) in [5.41, 5.74) is 2.59. The molecule has 0 radical (unpaired) electrons. The first-order valence-electron chi connectivity index (χ1n) is 9.51. The molecule has 1 aliphatic rings. The first kappa shape index (κ1) is 18.5. The molecule has 0 aliphatic carbocycles. The molecule has 0 saturated carbocycles. The van der Waals surface area contributed by atoms with E-state index in [1.807, 2.05) is 42.6 Å². The van der Waals surface area contributed by atoms with Gasteiger partial charge in [-0.15, -0.1) is 0 Å². The van der Waals surface area contributed by atoms with Crippen molar-refractivity contribution in [3.8, 4) is 11.4 Å². The monoisotopic (exact) mass is 355 g/mol. The smallest absolute Gasteiger partial charge is 0.227 e. The number of hydrogen-bond acceptors (Lipinski definition) is 4. The minimum Gasteiger partial charge on any atom is -0.342 e. The molecular weight excluding hydrogens is 326 g/mol. The highest BCUT2D eigenvalue weighted by atomic mass is 16.2. The molecule has 0 spiro atoms. The number of hydrogen-bond donors (Lipinski definition) is 0. The lowest BCUT2D eigenvalue weighted by molar-refractivity contribution is -0.141. The van der Waals surface area contributed by atoms with Crippen molar-refractivity contribution in [3.05, 3.63) is 30.4 Å². The van der Waals surface area contributed by atoms with Crippen LogP contribution in [-0.4, -0.2) is 43.6 Å². The third-order valence-electron chi connectivity index (χ3n) is 4.96. The van der Waals surface area contributed by atoms with Gasteiger partial charge in [0.15, 0.2) is 0 Å². The lowest BCUT2D eigenvalue weighted by Gasteiger charge is -2.36. The molecule has 3 heterocycles. The van der Waals surface area contributed by atoms with Crippen LogP contribution in [0.25, 0.3) is 11.4 Å². The second-order valence-electron chi connectivity index (χ2n) is 8.10. The Balaban J connectivity index is 1.78. The predicted molar refractivity (Wildman–Crippen MR) is 101 cm³/mol.